The van der Waals surface area contributed by atoms with Crippen LogP contribution in [0.1, 0.15) is 31.0 Å². The lowest BCUT2D eigenvalue weighted by molar-refractivity contribution is -0.121. The number of amides is 2. The highest BCUT2D eigenvalue weighted by molar-refractivity contribution is 5.88. The van der Waals surface area contributed by atoms with Gasteiger partial charge in [0.2, 0.25) is 11.8 Å². The number of hydrogen-bond acceptors (Lipinski definition) is 2. The second-order valence-electron chi connectivity index (χ2n) is 5.25. The number of rotatable bonds is 5. The lowest BCUT2D eigenvalue weighted by Crippen LogP contribution is -2.28. The third kappa shape index (κ3) is 4.74. The molecule has 0 heterocycles. The Balaban J connectivity index is 1.90. The molecule has 2 amide bonds. The molecule has 0 fully saturated rings. The summed E-state index contributed by atoms with van der Waals surface area (Å²) in [6, 6.07) is 17.1. The molecule has 0 unspecified atom stereocenters. The highest BCUT2D eigenvalue weighted by Gasteiger charge is 2.09. The highest BCUT2D eigenvalue weighted by atomic mass is 16.2. The molecule has 2 rings (SSSR count). The van der Waals surface area contributed by atoms with E-state index in [0.717, 1.165) is 16.8 Å². The van der Waals surface area contributed by atoms with Crippen LogP contribution in [-0.2, 0) is 16.0 Å². The molecule has 4 heteroatoms. The van der Waals surface area contributed by atoms with Gasteiger partial charge in [0.15, 0.2) is 0 Å². The fourth-order valence-corrected chi connectivity index (χ4v) is 2.21. The second-order valence-corrected chi connectivity index (χ2v) is 5.25. The number of carbonyl (C=O) groups excluding carboxylic acids is 2. The number of nitrogens with one attached hydrogen (secondary N) is 2. The van der Waals surface area contributed by atoms with Gasteiger partial charge in [-0.25, -0.2) is 0 Å². The Hall–Kier alpha value is -2.62. The SMILES string of the molecule is CC(=O)Nc1ccc(CC(=O)N[C@H](C)c2ccccc2)cc1. The fraction of sp³-hybridized carbons (Fsp3) is 0.222. The first kappa shape index (κ1) is 15.8. The second kappa shape index (κ2) is 7.41. The normalized spacial score (nSPS) is 11.5. The molecular formula is C18H20N2O2. The fourth-order valence-electron chi connectivity index (χ4n) is 2.21. The predicted molar refractivity (Wildman–Crippen MR) is 87.4 cm³/mol. The van der Waals surface area contributed by atoms with Crippen LogP contribution in [0.2, 0.25) is 0 Å². The zero-order valence-corrected chi connectivity index (χ0v) is 12.8. The van der Waals surface area contributed by atoms with Crippen LogP contribution in [0.4, 0.5) is 5.69 Å². The Morgan fingerprint density at radius 1 is 1.00 bits per heavy atom. The molecule has 0 radical (unpaired) electrons. The Labute approximate surface area is 130 Å². The largest absolute Gasteiger partial charge is 0.349 e. The molecule has 22 heavy (non-hydrogen) atoms. The van der Waals surface area contributed by atoms with Crippen molar-refractivity contribution < 1.29 is 9.59 Å². The van der Waals surface area contributed by atoms with Crippen LogP contribution < -0.4 is 10.6 Å². The summed E-state index contributed by atoms with van der Waals surface area (Å²) in [7, 11) is 0. The molecule has 1 atom stereocenters. The van der Waals surface area contributed by atoms with Crippen molar-refractivity contribution in [3.63, 3.8) is 0 Å². The molecule has 0 aliphatic heterocycles. The predicted octanol–water partition coefficient (Wildman–Crippen LogP) is 3.06. The van der Waals surface area contributed by atoms with Crippen molar-refractivity contribution in [2.45, 2.75) is 26.3 Å². The van der Waals surface area contributed by atoms with Crippen molar-refractivity contribution >= 4 is 17.5 Å². The van der Waals surface area contributed by atoms with Crippen LogP contribution in [0.5, 0.6) is 0 Å². The van der Waals surface area contributed by atoms with E-state index in [4.69, 9.17) is 0 Å². The lowest BCUT2D eigenvalue weighted by atomic mass is 10.1. The molecule has 0 saturated heterocycles. The van der Waals surface area contributed by atoms with Crippen molar-refractivity contribution in [2.24, 2.45) is 0 Å². The third-order valence-electron chi connectivity index (χ3n) is 3.32. The topological polar surface area (TPSA) is 58.2 Å². The number of carbonyl (C=O) groups is 2. The first-order valence-electron chi connectivity index (χ1n) is 7.25. The van der Waals surface area contributed by atoms with Crippen molar-refractivity contribution in [3.8, 4) is 0 Å². The average Bonchev–Trinajstić information content (AvgIpc) is 2.49. The smallest absolute Gasteiger partial charge is 0.224 e. The Morgan fingerprint density at radius 3 is 2.23 bits per heavy atom. The van der Waals surface area contributed by atoms with Gasteiger partial charge in [-0.15, -0.1) is 0 Å². The molecule has 2 N–H and O–H groups in total. The van der Waals surface area contributed by atoms with E-state index >= 15 is 0 Å². The van der Waals surface area contributed by atoms with Gasteiger partial charge in [0.1, 0.15) is 0 Å². The van der Waals surface area contributed by atoms with E-state index in [0.29, 0.717) is 6.42 Å². The minimum absolute atomic E-state index is 0.0210. The molecule has 0 aliphatic rings. The maximum Gasteiger partial charge on any atom is 0.224 e. The summed E-state index contributed by atoms with van der Waals surface area (Å²) in [6.45, 7) is 3.43. The third-order valence-corrected chi connectivity index (χ3v) is 3.32. The van der Waals surface area contributed by atoms with E-state index in [1.165, 1.54) is 6.92 Å². The van der Waals surface area contributed by atoms with Crippen LogP contribution in [0.15, 0.2) is 54.6 Å². The molecule has 114 valence electrons. The molecule has 0 bridgehead atoms. The van der Waals surface area contributed by atoms with Crippen LogP contribution in [0, 0.1) is 0 Å². The van der Waals surface area contributed by atoms with Gasteiger partial charge in [0.25, 0.3) is 0 Å². The van der Waals surface area contributed by atoms with Crippen molar-refractivity contribution in [1.29, 1.82) is 0 Å². The van der Waals surface area contributed by atoms with Gasteiger partial charge in [-0.05, 0) is 30.2 Å². The van der Waals surface area contributed by atoms with E-state index in [1.54, 1.807) is 12.1 Å². The van der Waals surface area contributed by atoms with E-state index in [2.05, 4.69) is 10.6 Å². The first-order chi connectivity index (χ1) is 10.5. The maximum atomic E-state index is 12.1. The summed E-state index contributed by atoms with van der Waals surface area (Å²) >= 11 is 0. The summed E-state index contributed by atoms with van der Waals surface area (Å²) in [5.74, 6) is -0.134. The number of anilines is 1. The summed E-state index contributed by atoms with van der Waals surface area (Å²) < 4.78 is 0. The van der Waals surface area contributed by atoms with Crippen LogP contribution in [0.25, 0.3) is 0 Å². The van der Waals surface area contributed by atoms with Gasteiger partial charge in [-0.1, -0.05) is 42.5 Å². The lowest BCUT2D eigenvalue weighted by Gasteiger charge is -2.14. The van der Waals surface area contributed by atoms with Gasteiger partial charge >= 0.3 is 0 Å². The Bertz CT molecular complexity index is 636. The number of benzene rings is 2. The van der Waals surface area contributed by atoms with Crippen LogP contribution in [0.3, 0.4) is 0 Å². The maximum absolute atomic E-state index is 12.1. The summed E-state index contributed by atoms with van der Waals surface area (Å²) in [4.78, 5) is 23.0. The molecule has 0 aromatic heterocycles. The first-order valence-corrected chi connectivity index (χ1v) is 7.25. The number of hydrogen-bond donors (Lipinski definition) is 2. The quantitative estimate of drug-likeness (QED) is 0.891. The highest BCUT2D eigenvalue weighted by Crippen LogP contribution is 2.13. The molecule has 2 aromatic rings. The Kier molecular flexibility index (Phi) is 5.31. The van der Waals surface area contributed by atoms with Gasteiger partial charge in [-0.3, -0.25) is 9.59 Å². The minimum atomic E-state index is -0.109. The summed E-state index contributed by atoms with van der Waals surface area (Å²) in [5.41, 5.74) is 2.72. The zero-order valence-electron chi connectivity index (χ0n) is 12.8. The molecule has 2 aromatic carbocycles. The van der Waals surface area contributed by atoms with Crippen molar-refractivity contribution in [3.05, 3.63) is 65.7 Å². The Morgan fingerprint density at radius 2 is 1.64 bits per heavy atom. The minimum Gasteiger partial charge on any atom is -0.349 e. The van der Waals surface area contributed by atoms with E-state index in [1.807, 2.05) is 49.4 Å². The van der Waals surface area contributed by atoms with E-state index in [-0.39, 0.29) is 17.9 Å². The molecule has 0 saturated carbocycles. The zero-order chi connectivity index (χ0) is 15.9. The molecule has 4 nitrogen and oxygen atoms in total. The van der Waals surface area contributed by atoms with Crippen molar-refractivity contribution in [1.82, 2.24) is 5.32 Å². The monoisotopic (exact) mass is 296 g/mol. The average molecular weight is 296 g/mol. The van der Waals surface area contributed by atoms with Gasteiger partial charge in [0, 0.05) is 12.6 Å². The van der Waals surface area contributed by atoms with E-state index in [9.17, 15) is 9.59 Å². The van der Waals surface area contributed by atoms with Gasteiger partial charge < -0.3 is 10.6 Å². The summed E-state index contributed by atoms with van der Waals surface area (Å²) in [6.07, 6.45) is 0.317. The van der Waals surface area contributed by atoms with Crippen LogP contribution in [-0.4, -0.2) is 11.8 Å². The van der Waals surface area contributed by atoms with Gasteiger partial charge in [-0.2, -0.15) is 0 Å². The standard InChI is InChI=1S/C18H20N2O2/c1-13(16-6-4-3-5-7-16)19-18(22)12-15-8-10-17(11-9-15)20-14(2)21/h3-11,13H,12H2,1-2H3,(H,19,22)(H,20,21)/t13-/m1/s1. The van der Waals surface area contributed by atoms with Crippen molar-refractivity contribution in [2.75, 3.05) is 5.32 Å². The summed E-state index contributed by atoms with van der Waals surface area (Å²) in [5, 5.41) is 5.68. The van der Waals surface area contributed by atoms with E-state index < -0.39 is 0 Å². The molecular weight excluding hydrogens is 276 g/mol. The molecule has 0 aliphatic carbocycles. The molecule has 0 spiro atoms. The van der Waals surface area contributed by atoms with Gasteiger partial charge in [0.05, 0.1) is 12.5 Å². The van der Waals surface area contributed by atoms with Crippen LogP contribution >= 0.6 is 0 Å².